The molecular weight excluding hydrogens is 273 g/mol. The Labute approximate surface area is 130 Å². The van der Waals surface area contributed by atoms with Gasteiger partial charge >= 0.3 is 5.97 Å². The number of ether oxygens (including phenoxy) is 1. The molecule has 0 radical (unpaired) electrons. The van der Waals surface area contributed by atoms with Gasteiger partial charge in [0.2, 0.25) is 0 Å². The van der Waals surface area contributed by atoms with Crippen LogP contribution in [0.2, 0.25) is 0 Å². The van der Waals surface area contributed by atoms with E-state index in [-0.39, 0.29) is 5.97 Å². The highest BCUT2D eigenvalue weighted by molar-refractivity contribution is 6.13. The molecule has 1 heterocycles. The van der Waals surface area contributed by atoms with Crippen molar-refractivity contribution in [2.24, 2.45) is 0 Å². The number of hydrogen-bond acceptors (Lipinski definition) is 3. The number of aromatic nitrogens is 1. The van der Waals surface area contributed by atoms with Crippen LogP contribution in [0.25, 0.3) is 22.2 Å². The Bertz CT molecular complexity index is 831. The molecule has 0 N–H and O–H groups in total. The maximum atomic E-state index is 12.3. The number of esters is 1. The molecule has 0 saturated carbocycles. The van der Waals surface area contributed by atoms with Crippen LogP contribution in [0.15, 0.2) is 54.6 Å². The average Bonchev–Trinajstić information content (AvgIpc) is 2.60. The lowest BCUT2D eigenvalue weighted by molar-refractivity contribution is 0.0602. The van der Waals surface area contributed by atoms with Crippen molar-refractivity contribution in [1.29, 1.82) is 0 Å². The predicted molar refractivity (Wildman–Crippen MR) is 90.8 cm³/mol. The van der Waals surface area contributed by atoms with Gasteiger partial charge in [0.15, 0.2) is 0 Å². The normalized spacial score (nSPS) is 10.6. The summed E-state index contributed by atoms with van der Waals surface area (Å²) < 4.78 is 5.01. The maximum Gasteiger partial charge on any atom is 0.338 e. The van der Waals surface area contributed by atoms with Gasteiger partial charge < -0.3 is 4.74 Å². The van der Waals surface area contributed by atoms with Crippen LogP contribution in [0.1, 0.15) is 15.9 Å². The molecular formula is C18H16BNO2. The molecule has 3 aromatic rings. The van der Waals surface area contributed by atoms with Gasteiger partial charge in [-0.3, -0.25) is 0 Å². The lowest BCUT2D eigenvalue weighted by Crippen LogP contribution is -2.10. The summed E-state index contributed by atoms with van der Waals surface area (Å²) >= 11 is 0. The first-order valence-electron chi connectivity index (χ1n) is 7.31. The van der Waals surface area contributed by atoms with E-state index in [4.69, 9.17) is 9.72 Å². The van der Waals surface area contributed by atoms with Crippen molar-refractivity contribution in [1.82, 2.24) is 4.98 Å². The summed E-state index contributed by atoms with van der Waals surface area (Å²) in [5, 5.41) is 0.839. The van der Waals surface area contributed by atoms with E-state index in [1.807, 2.05) is 62.4 Å². The second-order valence-corrected chi connectivity index (χ2v) is 5.04. The molecule has 0 aliphatic carbocycles. The summed E-state index contributed by atoms with van der Waals surface area (Å²) in [7, 11) is 3.45. The van der Waals surface area contributed by atoms with Gasteiger partial charge in [0.25, 0.3) is 0 Å². The third kappa shape index (κ3) is 2.37. The quantitative estimate of drug-likeness (QED) is 0.550. The first kappa shape index (κ1) is 14.3. The lowest BCUT2D eigenvalue weighted by Gasteiger charge is -2.15. The molecule has 0 spiro atoms. The van der Waals surface area contributed by atoms with Gasteiger partial charge in [0, 0.05) is 10.9 Å². The lowest BCUT2D eigenvalue weighted by atomic mass is 9.87. The van der Waals surface area contributed by atoms with E-state index in [2.05, 4.69) is 0 Å². The first-order valence-corrected chi connectivity index (χ1v) is 7.31. The molecule has 108 valence electrons. The molecule has 0 bridgehead atoms. The Morgan fingerprint density at radius 3 is 2.45 bits per heavy atom. The smallest absolute Gasteiger partial charge is 0.338 e. The molecule has 3 rings (SSSR count). The number of hydrogen-bond donors (Lipinski definition) is 0. The molecule has 0 amide bonds. The van der Waals surface area contributed by atoms with Crippen molar-refractivity contribution < 1.29 is 9.53 Å². The highest BCUT2D eigenvalue weighted by Gasteiger charge is 2.20. The standard InChI is InChI=1S/C18H16BNO2/c1-22-18(21)16-13-9-5-6-10-15(13)20-17(14(16)11-19)12-7-3-2-4-8-12/h2-10H,11,19H2,1H3. The van der Waals surface area contributed by atoms with Crippen LogP contribution in [0, 0.1) is 0 Å². The Morgan fingerprint density at radius 1 is 1.09 bits per heavy atom. The summed E-state index contributed by atoms with van der Waals surface area (Å²) in [6.07, 6.45) is 0.715. The fraction of sp³-hybridized carbons (Fsp3) is 0.111. The average molecular weight is 289 g/mol. The summed E-state index contributed by atoms with van der Waals surface area (Å²) in [4.78, 5) is 17.1. The van der Waals surface area contributed by atoms with Crippen molar-refractivity contribution in [2.75, 3.05) is 7.11 Å². The fourth-order valence-corrected chi connectivity index (χ4v) is 2.77. The molecule has 0 fully saturated rings. The number of carbonyl (C=O) groups excluding carboxylic acids is 1. The minimum Gasteiger partial charge on any atom is -0.465 e. The van der Waals surface area contributed by atoms with E-state index in [0.29, 0.717) is 11.9 Å². The van der Waals surface area contributed by atoms with Gasteiger partial charge in [-0.15, -0.1) is 0 Å². The van der Waals surface area contributed by atoms with Crippen molar-refractivity contribution in [2.45, 2.75) is 6.32 Å². The number of benzene rings is 2. The second-order valence-electron chi connectivity index (χ2n) is 5.04. The molecule has 3 nitrogen and oxygen atoms in total. The number of carbonyl (C=O) groups is 1. The van der Waals surface area contributed by atoms with E-state index < -0.39 is 0 Å². The van der Waals surface area contributed by atoms with E-state index in [1.165, 1.54) is 7.11 Å². The Kier molecular flexibility index (Phi) is 3.92. The molecule has 2 aromatic carbocycles. The largest absolute Gasteiger partial charge is 0.465 e. The van der Waals surface area contributed by atoms with Gasteiger partial charge in [-0.2, -0.15) is 0 Å². The zero-order valence-corrected chi connectivity index (χ0v) is 12.7. The Morgan fingerprint density at radius 2 is 1.77 bits per heavy atom. The molecule has 0 aliphatic rings. The van der Waals surface area contributed by atoms with Crippen molar-refractivity contribution in [3.8, 4) is 11.3 Å². The zero-order chi connectivity index (χ0) is 15.5. The van der Waals surface area contributed by atoms with Gasteiger partial charge in [-0.1, -0.05) is 54.9 Å². The van der Waals surface area contributed by atoms with Crippen LogP contribution in [0.4, 0.5) is 0 Å². The summed E-state index contributed by atoms with van der Waals surface area (Å²) in [6, 6.07) is 17.6. The van der Waals surface area contributed by atoms with E-state index >= 15 is 0 Å². The predicted octanol–water partition coefficient (Wildman–Crippen LogP) is 2.82. The van der Waals surface area contributed by atoms with E-state index in [1.54, 1.807) is 0 Å². The molecule has 0 saturated heterocycles. The molecule has 0 unspecified atom stereocenters. The van der Waals surface area contributed by atoms with Crippen LogP contribution >= 0.6 is 0 Å². The van der Waals surface area contributed by atoms with Crippen molar-refractivity contribution in [3.63, 3.8) is 0 Å². The number of rotatable bonds is 3. The van der Waals surface area contributed by atoms with Crippen molar-refractivity contribution in [3.05, 3.63) is 65.7 Å². The SMILES string of the molecule is BCc1c(-c2ccccc2)nc2ccccc2c1C(=O)OC. The molecule has 0 aliphatic heterocycles. The van der Waals surface area contributed by atoms with Crippen LogP contribution in [0.3, 0.4) is 0 Å². The number of fused-ring (bicyclic) bond motifs is 1. The van der Waals surface area contributed by atoms with Crippen LogP contribution < -0.4 is 0 Å². The monoisotopic (exact) mass is 289 g/mol. The van der Waals surface area contributed by atoms with Gasteiger partial charge in [-0.05, 0) is 11.6 Å². The zero-order valence-electron chi connectivity index (χ0n) is 12.7. The molecule has 1 aromatic heterocycles. The van der Waals surface area contributed by atoms with Gasteiger partial charge in [0.05, 0.1) is 23.9 Å². The molecule has 0 atom stereocenters. The molecule has 22 heavy (non-hydrogen) atoms. The number of para-hydroxylation sites is 1. The third-order valence-corrected chi connectivity index (χ3v) is 3.78. The molecule has 4 heteroatoms. The maximum absolute atomic E-state index is 12.3. The summed E-state index contributed by atoms with van der Waals surface area (Å²) in [5.41, 5.74) is 4.21. The van der Waals surface area contributed by atoms with Crippen LogP contribution in [-0.4, -0.2) is 25.9 Å². The van der Waals surface area contributed by atoms with Crippen LogP contribution in [0.5, 0.6) is 0 Å². The van der Waals surface area contributed by atoms with E-state index in [9.17, 15) is 4.79 Å². The van der Waals surface area contributed by atoms with E-state index in [0.717, 1.165) is 27.7 Å². The topological polar surface area (TPSA) is 39.2 Å². The second kappa shape index (κ2) is 6.02. The minimum absolute atomic E-state index is 0.312. The highest BCUT2D eigenvalue weighted by Crippen LogP contribution is 2.30. The van der Waals surface area contributed by atoms with Gasteiger partial charge in [-0.25, -0.2) is 9.78 Å². The van der Waals surface area contributed by atoms with Crippen molar-refractivity contribution >= 4 is 24.7 Å². The third-order valence-electron chi connectivity index (χ3n) is 3.78. The number of pyridine rings is 1. The first-order chi connectivity index (χ1) is 10.8. The number of nitrogens with zero attached hydrogens (tertiary/aromatic N) is 1. The summed E-state index contributed by atoms with van der Waals surface area (Å²) in [6.45, 7) is 0. The van der Waals surface area contributed by atoms with Gasteiger partial charge in [0.1, 0.15) is 7.85 Å². The Balaban J connectivity index is 2.41. The summed E-state index contributed by atoms with van der Waals surface area (Å²) in [5.74, 6) is -0.312. The van der Waals surface area contributed by atoms with Crippen LogP contribution in [-0.2, 0) is 11.1 Å². The fourth-order valence-electron chi connectivity index (χ4n) is 2.77. The minimum atomic E-state index is -0.312. The number of methoxy groups -OCH3 is 1. The Hall–Kier alpha value is -2.62. The highest BCUT2D eigenvalue weighted by atomic mass is 16.5.